The lowest BCUT2D eigenvalue weighted by Gasteiger charge is -2.43. The van der Waals surface area contributed by atoms with Crippen LogP contribution in [0, 0.1) is 0 Å². The van der Waals surface area contributed by atoms with Crippen LogP contribution in [0.15, 0.2) is 18.2 Å². The molecule has 1 amide bonds. The van der Waals surface area contributed by atoms with Crippen LogP contribution in [0.1, 0.15) is 45.6 Å². The number of benzene rings is 1. The Hall–Kier alpha value is -0.970. The third kappa shape index (κ3) is 5.25. The predicted molar refractivity (Wildman–Crippen MR) is 104 cm³/mol. The van der Waals surface area contributed by atoms with E-state index >= 15 is 0 Å². The normalized spacial score (nSPS) is 21.3. The largest absolute Gasteiger partial charge is 0.444 e. The maximum Gasteiger partial charge on any atom is 0.410 e. The fourth-order valence-electron chi connectivity index (χ4n) is 3.39. The molecule has 4 nitrogen and oxygen atoms in total. The van der Waals surface area contributed by atoms with Crippen molar-refractivity contribution in [3.05, 3.63) is 33.8 Å². The Balaban J connectivity index is 2.29. The number of carbonyl (C=O) groups excluding carboxylic acids is 1. The van der Waals surface area contributed by atoms with Crippen molar-refractivity contribution in [2.45, 2.75) is 51.0 Å². The zero-order valence-corrected chi connectivity index (χ0v) is 17.0. The summed E-state index contributed by atoms with van der Waals surface area (Å²) in [7, 11) is 1.94. The van der Waals surface area contributed by atoms with E-state index in [1.54, 1.807) is 0 Å². The van der Waals surface area contributed by atoms with Gasteiger partial charge in [0.2, 0.25) is 0 Å². The van der Waals surface area contributed by atoms with Gasteiger partial charge in [0.1, 0.15) is 5.60 Å². The maximum absolute atomic E-state index is 12.6. The number of rotatable bonds is 4. The first-order chi connectivity index (χ1) is 11.7. The van der Waals surface area contributed by atoms with Crippen LogP contribution in [0.4, 0.5) is 4.79 Å². The lowest BCUT2D eigenvalue weighted by atomic mass is 9.71. The van der Waals surface area contributed by atoms with Gasteiger partial charge in [0, 0.05) is 18.5 Å². The molecule has 1 unspecified atom stereocenters. The van der Waals surface area contributed by atoms with Gasteiger partial charge in [-0.05, 0) is 71.3 Å². The minimum atomic E-state index is -0.494. The SMILES string of the molecule is CNCCC1(c2ccc(Cl)c(Cl)c2)CCCN(C(=O)OC(C)(C)C)C1. The van der Waals surface area contributed by atoms with Crippen LogP contribution in [-0.2, 0) is 10.2 Å². The molecule has 25 heavy (non-hydrogen) atoms. The summed E-state index contributed by atoms with van der Waals surface area (Å²) in [6.07, 6.45) is 2.61. The zero-order chi connectivity index (χ0) is 18.7. The number of piperidine rings is 1. The van der Waals surface area contributed by atoms with Crippen LogP contribution in [-0.4, -0.2) is 43.3 Å². The number of hydrogen-bond acceptors (Lipinski definition) is 3. The van der Waals surface area contributed by atoms with Crippen molar-refractivity contribution in [3.63, 3.8) is 0 Å². The third-order valence-electron chi connectivity index (χ3n) is 4.61. The topological polar surface area (TPSA) is 41.6 Å². The first kappa shape index (κ1) is 20.3. The molecule has 1 aliphatic heterocycles. The van der Waals surface area contributed by atoms with Gasteiger partial charge in [0.05, 0.1) is 10.0 Å². The average molecular weight is 387 g/mol. The summed E-state index contributed by atoms with van der Waals surface area (Å²) >= 11 is 12.4. The molecule has 6 heteroatoms. The van der Waals surface area contributed by atoms with E-state index in [0.29, 0.717) is 16.6 Å². The molecule has 1 aromatic rings. The number of hydrogen-bond donors (Lipinski definition) is 1. The highest BCUT2D eigenvalue weighted by atomic mass is 35.5. The van der Waals surface area contributed by atoms with Crippen molar-refractivity contribution in [1.29, 1.82) is 0 Å². The fraction of sp³-hybridized carbons (Fsp3) is 0.632. The Morgan fingerprint density at radius 1 is 1.32 bits per heavy atom. The Labute approximate surface area is 160 Å². The molecule has 2 rings (SSSR count). The van der Waals surface area contributed by atoms with Crippen LogP contribution in [0.5, 0.6) is 0 Å². The summed E-state index contributed by atoms with van der Waals surface area (Å²) < 4.78 is 5.58. The second-order valence-electron chi connectivity index (χ2n) is 7.77. The lowest BCUT2D eigenvalue weighted by molar-refractivity contribution is 0.0127. The summed E-state index contributed by atoms with van der Waals surface area (Å²) in [5.74, 6) is 0. The molecule has 0 aromatic heterocycles. The standard InChI is InChI=1S/C19H28Cl2N2O2/c1-18(2,3)25-17(24)23-11-5-8-19(13-23,9-10-22-4)14-6-7-15(20)16(21)12-14/h6-7,12,22H,5,8-11,13H2,1-4H3. The number of likely N-dealkylation sites (tertiary alicyclic amines) is 1. The molecule has 140 valence electrons. The minimum absolute atomic E-state index is 0.146. The molecule has 0 saturated carbocycles. The van der Waals surface area contributed by atoms with Crippen molar-refractivity contribution in [2.24, 2.45) is 0 Å². The van der Waals surface area contributed by atoms with Crippen LogP contribution in [0.25, 0.3) is 0 Å². The number of amides is 1. The third-order valence-corrected chi connectivity index (χ3v) is 5.35. The summed E-state index contributed by atoms with van der Waals surface area (Å²) in [5, 5.41) is 4.33. The highest BCUT2D eigenvalue weighted by molar-refractivity contribution is 6.42. The highest BCUT2D eigenvalue weighted by Crippen LogP contribution is 2.39. The molecule has 0 bridgehead atoms. The van der Waals surface area contributed by atoms with E-state index in [0.717, 1.165) is 37.9 Å². The second-order valence-corrected chi connectivity index (χ2v) is 8.58. The van der Waals surface area contributed by atoms with E-state index in [1.165, 1.54) is 0 Å². The minimum Gasteiger partial charge on any atom is -0.444 e. The van der Waals surface area contributed by atoms with Crippen LogP contribution < -0.4 is 5.32 Å². The summed E-state index contributed by atoms with van der Waals surface area (Å²) in [6.45, 7) is 7.88. The highest BCUT2D eigenvalue weighted by Gasteiger charge is 2.39. The van der Waals surface area contributed by atoms with E-state index in [4.69, 9.17) is 27.9 Å². The smallest absolute Gasteiger partial charge is 0.410 e. The van der Waals surface area contributed by atoms with E-state index in [1.807, 2.05) is 50.9 Å². The van der Waals surface area contributed by atoms with Gasteiger partial charge in [-0.2, -0.15) is 0 Å². The average Bonchev–Trinajstić information content (AvgIpc) is 2.54. The first-order valence-corrected chi connectivity index (χ1v) is 9.50. The van der Waals surface area contributed by atoms with E-state index < -0.39 is 5.60 Å². The summed E-state index contributed by atoms with van der Waals surface area (Å²) in [4.78, 5) is 14.4. The predicted octanol–water partition coefficient (Wildman–Crippen LogP) is 4.87. The zero-order valence-electron chi connectivity index (χ0n) is 15.5. The molecule has 0 aliphatic carbocycles. The summed E-state index contributed by atoms with van der Waals surface area (Å²) in [6, 6.07) is 5.81. The lowest BCUT2D eigenvalue weighted by Crippen LogP contribution is -2.50. The monoisotopic (exact) mass is 386 g/mol. The van der Waals surface area contributed by atoms with E-state index in [2.05, 4.69) is 5.32 Å². The molecule has 1 aliphatic rings. The molecule has 0 radical (unpaired) electrons. The maximum atomic E-state index is 12.6. The van der Waals surface area contributed by atoms with Gasteiger partial charge >= 0.3 is 6.09 Å². The van der Waals surface area contributed by atoms with Crippen molar-refractivity contribution in [3.8, 4) is 0 Å². The molecule has 1 saturated heterocycles. The molecule has 1 aromatic carbocycles. The van der Waals surface area contributed by atoms with E-state index in [9.17, 15) is 4.79 Å². The van der Waals surface area contributed by atoms with Crippen molar-refractivity contribution < 1.29 is 9.53 Å². The van der Waals surface area contributed by atoms with E-state index in [-0.39, 0.29) is 11.5 Å². The number of carbonyl (C=O) groups is 1. The molecule has 1 fully saturated rings. The second kappa shape index (κ2) is 8.15. The molecule has 0 spiro atoms. The van der Waals surface area contributed by atoms with Gasteiger partial charge in [0.25, 0.3) is 0 Å². The molecule has 1 heterocycles. The Morgan fingerprint density at radius 3 is 2.64 bits per heavy atom. The van der Waals surface area contributed by atoms with Crippen LogP contribution in [0.3, 0.4) is 0 Å². The number of halogens is 2. The van der Waals surface area contributed by atoms with Gasteiger partial charge in [0.15, 0.2) is 0 Å². The van der Waals surface area contributed by atoms with Crippen molar-refractivity contribution >= 4 is 29.3 Å². The molecule has 1 atom stereocenters. The first-order valence-electron chi connectivity index (χ1n) is 8.75. The van der Waals surface area contributed by atoms with Crippen LogP contribution in [0.2, 0.25) is 10.0 Å². The Bertz CT molecular complexity index is 616. The Kier molecular flexibility index (Phi) is 6.63. The number of ether oxygens (including phenoxy) is 1. The van der Waals surface area contributed by atoms with Crippen molar-refractivity contribution in [2.75, 3.05) is 26.7 Å². The van der Waals surface area contributed by atoms with Crippen molar-refractivity contribution in [1.82, 2.24) is 10.2 Å². The summed E-state index contributed by atoms with van der Waals surface area (Å²) in [5.41, 5.74) is 0.489. The van der Waals surface area contributed by atoms with Gasteiger partial charge < -0.3 is 15.0 Å². The number of nitrogens with one attached hydrogen (secondary N) is 1. The van der Waals surface area contributed by atoms with Gasteiger partial charge in [-0.3, -0.25) is 0 Å². The van der Waals surface area contributed by atoms with Crippen LogP contribution >= 0.6 is 23.2 Å². The van der Waals surface area contributed by atoms with Gasteiger partial charge in [-0.1, -0.05) is 29.3 Å². The fourth-order valence-corrected chi connectivity index (χ4v) is 3.69. The molecular weight excluding hydrogens is 359 g/mol. The van der Waals surface area contributed by atoms with Gasteiger partial charge in [-0.25, -0.2) is 4.79 Å². The molecule has 1 N–H and O–H groups in total. The molecular formula is C19H28Cl2N2O2. The van der Waals surface area contributed by atoms with Gasteiger partial charge in [-0.15, -0.1) is 0 Å². The number of nitrogens with zero attached hydrogens (tertiary/aromatic N) is 1. The quantitative estimate of drug-likeness (QED) is 0.801. The Morgan fingerprint density at radius 2 is 2.04 bits per heavy atom.